The molecule has 8 heteroatoms. The molecule has 0 aromatic carbocycles. The third kappa shape index (κ3) is 4.48. The highest BCUT2D eigenvalue weighted by Crippen LogP contribution is 2.22. The Morgan fingerprint density at radius 1 is 1.21 bits per heavy atom. The van der Waals surface area contributed by atoms with Crippen LogP contribution in [0.25, 0.3) is 22.2 Å². The normalized spacial score (nSPS) is 15.6. The van der Waals surface area contributed by atoms with Crippen LogP contribution >= 0.6 is 0 Å². The SMILES string of the molecule is Cn1cc(-c2ccc3cnc(CC(=O)C4CCN(CC(=O)O)CC4)cc3n2)cn1. The van der Waals surface area contributed by atoms with Crippen molar-refractivity contribution in [1.29, 1.82) is 0 Å². The molecule has 0 atom stereocenters. The van der Waals surface area contributed by atoms with E-state index in [0.717, 1.165) is 22.2 Å². The summed E-state index contributed by atoms with van der Waals surface area (Å²) in [7, 11) is 1.87. The molecule has 150 valence electrons. The largest absolute Gasteiger partial charge is 0.480 e. The van der Waals surface area contributed by atoms with E-state index in [9.17, 15) is 9.59 Å². The van der Waals surface area contributed by atoms with Gasteiger partial charge >= 0.3 is 5.97 Å². The van der Waals surface area contributed by atoms with E-state index in [1.165, 1.54) is 0 Å². The van der Waals surface area contributed by atoms with Crippen molar-refractivity contribution < 1.29 is 14.7 Å². The van der Waals surface area contributed by atoms with Crippen LogP contribution in [0.5, 0.6) is 0 Å². The Morgan fingerprint density at radius 2 is 2.00 bits per heavy atom. The van der Waals surface area contributed by atoms with Crippen LogP contribution in [0.2, 0.25) is 0 Å². The van der Waals surface area contributed by atoms with Crippen molar-refractivity contribution in [3.8, 4) is 11.3 Å². The van der Waals surface area contributed by atoms with Gasteiger partial charge in [0.1, 0.15) is 5.78 Å². The van der Waals surface area contributed by atoms with Crippen LogP contribution < -0.4 is 0 Å². The number of carbonyl (C=O) groups excluding carboxylic acids is 1. The quantitative estimate of drug-likeness (QED) is 0.683. The van der Waals surface area contributed by atoms with E-state index in [0.29, 0.717) is 31.6 Å². The minimum absolute atomic E-state index is 0.0350. The van der Waals surface area contributed by atoms with E-state index in [-0.39, 0.29) is 24.7 Å². The predicted molar refractivity (Wildman–Crippen MR) is 107 cm³/mol. The molecule has 0 saturated carbocycles. The highest BCUT2D eigenvalue weighted by molar-refractivity contribution is 5.85. The van der Waals surface area contributed by atoms with Gasteiger partial charge in [-0.3, -0.25) is 24.2 Å². The second-order valence-electron chi connectivity index (χ2n) is 7.55. The minimum atomic E-state index is -0.826. The topological polar surface area (TPSA) is 101 Å². The summed E-state index contributed by atoms with van der Waals surface area (Å²) in [6.45, 7) is 1.33. The summed E-state index contributed by atoms with van der Waals surface area (Å²) in [4.78, 5) is 34.6. The first-order valence-electron chi connectivity index (χ1n) is 9.69. The number of nitrogens with zero attached hydrogens (tertiary/aromatic N) is 5. The van der Waals surface area contributed by atoms with Crippen molar-refractivity contribution in [2.75, 3.05) is 19.6 Å². The third-order valence-electron chi connectivity index (χ3n) is 5.39. The highest BCUT2D eigenvalue weighted by atomic mass is 16.4. The van der Waals surface area contributed by atoms with Gasteiger partial charge in [0.25, 0.3) is 0 Å². The summed E-state index contributed by atoms with van der Waals surface area (Å²) < 4.78 is 1.74. The van der Waals surface area contributed by atoms with Gasteiger partial charge in [0.2, 0.25) is 0 Å². The first kappa shape index (κ1) is 19.2. The minimum Gasteiger partial charge on any atom is -0.480 e. The van der Waals surface area contributed by atoms with Crippen LogP contribution in [0, 0.1) is 5.92 Å². The summed E-state index contributed by atoms with van der Waals surface area (Å²) in [5.41, 5.74) is 3.29. The van der Waals surface area contributed by atoms with Crippen molar-refractivity contribution in [3.63, 3.8) is 0 Å². The number of fused-ring (bicyclic) bond motifs is 1. The molecule has 1 aliphatic rings. The van der Waals surface area contributed by atoms with E-state index >= 15 is 0 Å². The monoisotopic (exact) mass is 393 g/mol. The Labute approximate surface area is 168 Å². The molecule has 1 fully saturated rings. The fourth-order valence-corrected chi connectivity index (χ4v) is 3.80. The average molecular weight is 393 g/mol. The van der Waals surface area contributed by atoms with E-state index in [4.69, 9.17) is 10.1 Å². The average Bonchev–Trinajstić information content (AvgIpc) is 3.14. The van der Waals surface area contributed by atoms with Gasteiger partial charge in [-0.25, -0.2) is 4.98 Å². The first-order chi connectivity index (χ1) is 14.0. The molecule has 1 saturated heterocycles. The number of ketones is 1. The zero-order chi connectivity index (χ0) is 20.4. The molecule has 8 nitrogen and oxygen atoms in total. The first-order valence-corrected chi connectivity index (χ1v) is 9.69. The number of carboxylic acids is 1. The molecule has 3 aromatic rings. The standard InChI is InChI=1S/C21H23N5O3/c1-25-12-16(11-23-25)18-3-2-15-10-22-17(8-19(15)24-18)9-20(27)14-4-6-26(7-5-14)13-21(28)29/h2-3,8,10-12,14H,4-7,9,13H2,1H3,(H,28,29). The Kier molecular flexibility index (Phi) is 5.35. The van der Waals surface area contributed by atoms with Crippen LogP contribution in [0.3, 0.4) is 0 Å². The summed E-state index contributed by atoms with van der Waals surface area (Å²) in [5, 5.41) is 14.0. The van der Waals surface area contributed by atoms with Gasteiger partial charge in [-0.2, -0.15) is 5.10 Å². The zero-order valence-electron chi connectivity index (χ0n) is 16.3. The summed E-state index contributed by atoms with van der Waals surface area (Å²) in [6, 6.07) is 5.80. The molecule has 0 aliphatic carbocycles. The predicted octanol–water partition coefficient (Wildman–Crippen LogP) is 1.94. The molecule has 4 heterocycles. The number of carboxylic acid groups (broad SMARTS) is 1. The number of hydrogen-bond donors (Lipinski definition) is 1. The maximum atomic E-state index is 12.7. The van der Waals surface area contributed by atoms with Gasteiger partial charge in [-0.1, -0.05) is 0 Å². The number of Topliss-reactive ketones (excluding diaryl/α,β-unsaturated/α-hetero) is 1. The molecule has 4 rings (SSSR count). The highest BCUT2D eigenvalue weighted by Gasteiger charge is 2.26. The number of aromatic nitrogens is 4. The second kappa shape index (κ2) is 8.08. The molecule has 0 spiro atoms. The maximum Gasteiger partial charge on any atom is 0.317 e. The third-order valence-corrected chi connectivity index (χ3v) is 5.39. The zero-order valence-corrected chi connectivity index (χ0v) is 16.3. The van der Waals surface area contributed by atoms with Gasteiger partial charge in [0.15, 0.2) is 0 Å². The Hall–Kier alpha value is -3.13. The lowest BCUT2D eigenvalue weighted by Gasteiger charge is -2.29. The Morgan fingerprint density at radius 3 is 2.69 bits per heavy atom. The summed E-state index contributed by atoms with van der Waals surface area (Å²) in [6.07, 6.45) is 7.12. The molecule has 0 bridgehead atoms. The molecular weight excluding hydrogens is 370 g/mol. The fourth-order valence-electron chi connectivity index (χ4n) is 3.80. The van der Waals surface area contributed by atoms with Crippen molar-refractivity contribution in [1.82, 2.24) is 24.6 Å². The summed E-state index contributed by atoms with van der Waals surface area (Å²) in [5.74, 6) is -0.698. The summed E-state index contributed by atoms with van der Waals surface area (Å²) >= 11 is 0. The van der Waals surface area contributed by atoms with Crippen molar-refractivity contribution in [2.45, 2.75) is 19.3 Å². The molecule has 1 aliphatic heterocycles. The number of piperidine rings is 1. The lowest BCUT2D eigenvalue weighted by molar-refractivity contribution is -0.138. The molecule has 1 N–H and O–H groups in total. The van der Waals surface area contributed by atoms with Crippen LogP contribution in [0.4, 0.5) is 0 Å². The molecular formula is C21H23N5O3. The molecule has 0 amide bonds. The lowest BCUT2D eigenvalue weighted by Crippen LogP contribution is -2.39. The van der Waals surface area contributed by atoms with Crippen LogP contribution in [-0.2, 0) is 23.1 Å². The van der Waals surface area contributed by atoms with E-state index in [1.54, 1.807) is 17.1 Å². The second-order valence-corrected chi connectivity index (χ2v) is 7.55. The number of carbonyl (C=O) groups is 2. The van der Waals surface area contributed by atoms with Crippen molar-refractivity contribution in [3.05, 3.63) is 42.5 Å². The number of aryl methyl sites for hydroxylation is 1. The molecule has 29 heavy (non-hydrogen) atoms. The van der Waals surface area contributed by atoms with Gasteiger partial charge in [0.05, 0.1) is 24.0 Å². The smallest absolute Gasteiger partial charge is 0.317 e. The van der Waals surface area contributed by atoms with Crippen molar-refractivity contribution in [2.24, 2.45) is 13.0 Å². The Bertz CT molecular complexity index is 1050. The van der Waals surface area contributed by atoms with Crippen LogP contribution in [0.1, 0.15) is 18.5 Å². The number of pyridine rings is 2. The van der Waals surface area contributed by atoms with Gasteiger partial charge in [-0.15, -0.1) is 0 Å². The fraction of sp³-hybridized carbons (Fsp3) is 0.381. The number of likely N-dealkylation sites (tertiary alicyclic amines) is 1. The lowest BCUT2D eigenvalue weighted by atomic mass is 9.90. The molecule has 0 unspecified atom stereocenters. The van der Waals surface area contributed by atoms with Crippen molar-refractivity contribution >= 4 is 22.7 Å². The number of rotatable bonds is 6. The van der Waals surface area contributed by atoms with E-state index in [2.05, 4.69) is 10.1 Å². The number of hydrogen-bond acceptors (Lipinski definition) is 6. The van der Waals surface area contributed by atoms with E-state index in [1.807, 2.05) is 36.3 Å². The van der Waals surface area contributed by atoms with Gasteiger partial charge < -0.3 is 5.11 Å². The van der Waals surface area contributed by atoms with Gasteiger partial charge in [-0.05, 0) is 44.1 Å². The van der Waals surface area contributed by atoms with Crippen LogP contribution in [0.15, 0.2) is 36.8 Å². The number of aliphatic carboxylic acids is 1. The Balaban J connectivity index is 1.45. The van der Waals surface area contributed by atoms with Gasteiger partial charge in [0, 0.05) is 48.4 Å². The van der Waals surface area contributed by atoms with Crippen LogP contribution in [-0.4, -0.2) is 61.1 Å². The molecule has 0 radical (unpaired) electrons. The van der Waals surface area contributed by atoms with E-state index < -0.39 is 5.97 Å². The molecule has 3 aromatic heterocycles. The maximum absolute atomic E-state index is 12.7.